The number of carbonyl (C=O) groups is 1. The largest absolute Gasteiger partial charge is 0.481 e. The Morgan fingerprint density at radius 1 is 1.11 bits per heavy atom. The summed E-state index contributed by atoms with van der Waals surface area (Å²) >= 11 is 0. The van der Waals surface area contributed by atoms with Crippen molar-refractivity contribution in [1.82, 2.24) is 10.2 Å². The Morgan fingerprint density at radius 2 is 1.81 bits per heavy atom. The molecule has 1 heterocycles. The summed E-state index contributed by atoms with van der Waals surface area (Å²) in [5.74, 6) is 0.605. The van der Waals surface area contributed by atoms with Crippen molar-refractivity contribution in [2.75, 3.05) is 38.1 Å². The van der Waals surface area contributed by atoms with E-state index in [9.17, 15) is 4.79 Å². The minimum atomic E-state index is -0.531. The molecule has 1 amide bonds. The van der Waals surface area contributed by atoms with E-state index in [-0.39, 0.29) is 5.91 Å². The summed E-state index contributed by atoms with van der Waals surface area (Å²) in [7, 11) is 2.16. The van der Waals surface area contributed by atoms with Crippen molar-refractivity contribution in [2.24, 2.45) is 0 Å². The van der Waals surface area contributed by atoms with Gasteiger partial charge in [-0.1, -0.05) is 24.3 Å². The number of amides is 1. The van der Waals surface area contributed by atoms with Crippen LogP contribution in [-0.4, -0.2) is 50.1 Å². The summed E-state index contributed by atoms with van der Waals surface area (Å²) in [6, 6.07) is 16.2. The van der Waals surface area contributed by atoms with Crippen LogP contribution in [0.5, 0.6) is 5.75 Å². The maximum absolute atomic E-state index is 12.3. The summed E-state index contributed by atoms with van der Waals surface area (Å²) in [5.41, 5.74) is 3.44. The molecule has 1 fully saturated rings. The summed E-state index contributed by atoms with van der Waals surface area (Å²) in [6.07, 6.45) is -0.531. The van der Waals surface area contributed by atoms with Gasteiger partial charge in [-0.05, 0) is 56.3 Å². The molecule has 1 aliphatic rings. The van der Waals surface area contributed by atoms with E-state index in [4.69, 9.17) is 4.74 Å². The van der Waals surface area contributed by atoms with Gasteiger partial charge in [0.05, 0.1) is 0 Å². The lowest BCUT2D eigenvalue weighted by Crippen LogP contribution is -2.44. The average molecular weight is 367 g/mol. The van der Waals surface area contributed by atoms with Gasteiger partial charge in [0.2, 0.25) is 0 Å². The molecule has 1 N–H and O–H groups in total. The van der Waals surface area contributed by atoms with Gasteiger partial charge in [0.15, 0.2) is 6.10 Å². The fraction of sp³-hybridized carbons (Fsp3) is 0.409. The number of likely N-dealkylation sites (N-methyl/N-ethyl adjacent to an activating group) is 1. The Balaban J connectivity index is 1.48. The number of nitrogens with zero attached hydrogens (tertiary/aromatic N) is 2. The lowest BCUT2D eigenvalue weighted by molar-refractivity contribution is -0.127. The smallest absolute Gasteiger partial charge is 0.261 e. The Kier molecular flexibility index (Phi) is 6.35. The first-order chi connectivity index (χ1) is 13.0. The van der Waals surface area contributed by atoms with Crippen molar-refractivity contribution >= 4 is 11.6 Å². The van der Waals surface area contributed by atoms with Gasteiger partial charge in [-0.2, -0.15) is 0 Å². The van der Waals surface area contributed by atoms with E-state index in [1.165, 1.54) is 5.69 Å². The van der Waals surface area contributed by atoms with Crippen LogP contribution in [-0.2, 0) is 11.3 Å². The van der Waals surface area contributed by atoms with E-state index in [0.29, 0.717) is 12.3 Å². The van der Waals surface area contributed by atoms with E-state index in [0.717, 1.165) is 37.3 Å². The molecule has 27 heavy (non-hydrogen) atoms. The highest BCUT2D eigenvalue weighted by Crippen LogP contribution is 2.17. The second-order valence-electron chi connectivity index (χ2n) is 7.25. The molecular formula is C22H29N3O2. The lowest BCUT2D eigenvalue weighted by atomic mass is 10.1. The molecule has 3 rings (SSSR count). The third-order valence-electron chi connectivity index (χ3n) is 4.94. The van der Waals surface area contributed by atoms with Crippen LogP contribution < -0.4 is 15.0 Å². The quantitative estimate of drug-likeness (QED) is 0.853. The number of hydrogen-bond acceptors (Lipinski definition) is 4. The number of anilines is 1. The van der Waals surface area contributed by atoms with Crippen LogP contribution in [0, 0.1) is 6.92 Å². The van der Waals surface area contributed by atoms with Crippen LogP contribution in [0.3, 0.4) is 0 Å². The Morgan fingerprint density at radius 3 is 2.48 bits per heavy atom. The first-order valence-corrected chi connectivity index (χ1v) is 9.55. The molecule has 1 saturated heterocycles. The first-order valence-electron chi connectivity index (χ1n) is 9.55. The molecule has 144 valence electrons. The zero-order chi connectivity index (χ0) is 19.2. The van der Waals surface area contributed by atoms with E-state index < -0.39 is 6.10 Å². The Bertz CT molecular complexity index is 752. The molecule has 1 aliphatic heterocycles. The van der Waals surface area contributed by atoms with Gasteiger partial charge in [-0.3, -0.25) is 4.79 Å². The number of piperazine rings is 1. The van der Waals surface area contributed by atoms with Gasteiger partial charge < -0.3 is 19.9 Å². The van der Waals surface area contributed by atoms with Crippen molar-refractivity contribution in [1.29, 1.82) is 0 Å². The molecule has 0 spiro atoms. The number of rotatable bonds is 6. The summed E-state index contributed by atoms with van der Waals surface area (Å²) < 4.78 is 5.73. The van der Waals surface area contributed by atoms with Crippen molar-refractivity contribution in [3.8, 4) is 5.75 Å². The number of ether oxygens (including phenoxy) is 1. The second kappa shape index (κ2) is 8.91. The predicted molar refractivity (Wildman–Crippen MR) is 109 cm³/mol. The number of benzene rings is 2. The van der Waals surface area contributed by atoms with Crippen LogP contribution >= 0.6 is 0 Å². The van der Waals surface area contributed by atoms with Gasteiger partial charge in [-0.15, -0.1) is 0 Å². The maximum atomic E-state index is 12.3. The third kappa shape index (κ3) is 5.47. The van der Waals surface area contributed by atoms with Crippen LogP contribution in [0.4, 0.5) is 5.69 Å². The zero-order valence-electron chi connectivity index (χ0n) is 16.4. The fourth-order valence-corrected chi connectivity index (χ4v) is 3.17. The third-order valence-corrected chi connectivity index (χ3v) is 4.94. The van der Waals surface area contributed by atoms with Crippen molar-refractivity contribution < 1.29 is 9.53 Å². The number of hydrogen-bond donors (Lipinski definition) is 1. The molecule has 0 saturated carbocycles. The zero-order valence-corrected chi connectivity index (χ0v) is 16.4. The van der Waals surface area contributed by atoms with Crippen molar-refractivity contribution in [3.05, 3.63) is 59.7 Å². The molecule has 0 unspecified atom stereocenters. The molecule has 5 nitrogen and oxygen atoms in total. The number of carbonyl (C=O) groups excluding carboxylic acids is 1. The monoisotopic (exact) mass is 367 g/mol. The van der Waals surface area contributed by atoms with Gasteiger partial charge in [0.1, 0.15) is 5.75 Å². The topological polar surface area (TPSA) is 44.8 Å². The van der Waals surface area contributed by atoms with Gasteiger partial charge >= 0.3 is 0 Å². The number of aryl methyl sites for hydroxylation is 1. The lowest BCUT2D eigenvalue weighted by Gasteiger charge is -2.34. The molecule has 5 heteroatoms. The standard InChI is InChI=1S/C22H29N3O2/c1-17-5-4-6-21(15-17)27-18(2)22(26)23-16-19-7-9-20(10-8-19)25-13-11-24(3)12-14-25/h4-10,15,18H,11-14,16H2,1-3H3,(H,23,26)/t18-/m0/s1. The van der Waals surface area contributed by atoms with Gasteiger partial charge in [0.25, 0.3) is 5.91 Å². The maximum Gasteiger partial charge on any atom is 0.261 e. The molecule has 0 aliphatic carbocycles. The van der Waals surface area contributed by atoms with Crippen LogP contribution in [0.25, 0.3) is 0 Å². The van der Waals surface area contributed by atoms with E-state index >= 15 is 0 Å². The number of nitrogens with one attached hydrogen (secondary N) is 1. The molecule has 1 atom stereocenters. The second-order valence-corrected chi connectivity index (χ2v) is 7.25. The molecule has 2 aromatic rings. The van der Waals surface area contributed by atoms with Gasteiger partial charge in [-0.25, -0.2) is 0 Å². The van der Waals surface area contributed by atoms with Crippen LogP contribution in [0.15, 0.2) is 48.5 Å². The SMILES string of the molecule is Cc1cccc(O[C@@H](C)C(=O)NCc2ccc(N3CCN(C)CC3)cc2)c1. The average Bonchev–Trinajstić information content (AvgIpc) is 2.67. The molecule has 0 bridgehead atoms. The first kappa shape index (κ1) is 19.2. The highest BCUT2D eigenvalue weighted by molar-refractivity contribution is 5.80. The molecule has 0 aromatic heterocycles. The van der Waals surface area contributed by atoms with E-state index in [1.54, 1.807) is 6.92 Å². The highest BCUT2D eigenvalue weighted by atomic mass is 16.5. The minimum Gasteiger partial charge on any atom is -0.481 e. The fourth-order valence-electron chi connectivity index (χ4n) is 3.17. The molecule has 2 aromatic carbocycles. The van der Waals surface area contributed by atoms with Gasteiger partial charge in [0, 0.05) is 38.4 Å². The summed E-state index contributed by atoms with van der Waals surface area (Å²) in [5, 5.41) is 2.95. The molecular weight excluding hydrogens is 338 g/mol. The van der Waals surface area contributed by atoms with E-state index in [1.807, 2.05) is 31.2 Å². The Hall–Kier alpha value is -2.53. The van der Waals surface area contributed by atoms with Crippen molar-refractivity contribution in [2.45, 2.75) is 26.5 Å². The predicted octanol–water partition coefficient (Wildman–Crippen LogP) is 2.83. The normalized spacial score (nSPS) is 16.0. The van der Waals surface area contributed by atoms with E-state index in [2.05, 4.69) is 46.4 Å². The summed E-state index contributed by atoms with van der Waals surface area (Å²) in [6.45, 7) is 8.58. The van der Waals surface area contributed by atoms with Crippen LogP contribution in [0.2, 0.25) is 0 Å². The Labute approximate surface area is 161 Å². The molecule has 0 radical (unpaired) electrons. The highest BCUT2D eigenvalue weighted by Gasteiger charge is 2.16. The van der Waals surface area contributed by atoms with Crippen molar-refractivity contribution in [3.63, 3.8) is 0 Å². The minimum absolute atomic E-state index is 0.111. The van der Waals surface area contributed by atoms with Crippen LogP contribution in [0.1, 0.15) is 18.1 Å². The summed E-state index contributed by atoms with van der Waals surface area (Å²) in [4.78, 5) is 17.1.